The SMILES string of the molecule is COCc1cc(Nc2cnn(-c3ccccc3Cl)c2)n2ncnc2n1. The van der Waals surface area contributed by atoms with E-state index in [1.807, 2.05) is 36.5 Å². The average molecular weight is 356 g/mol. The standard InChI is InChI=1S/C16H14ClN7O/c1-25-9-11-6-15(24-16(22-11)18-10-20-24)21-12-7-19-23(8-12)14-5-3-2-4-13(14)17/h2-8,10,21H,9H2,1H3. The molecule has 1 N–H and O–H groups in total. The summed E-state index contributed by atoms with van der Waals surface area (Å²) in [7, 11) is 1.62. The summed E-state index contributed by atoms with van der Waals surface area (Å²) in [5.74, 6) is 1.21. The van der Waals surface area contributed by atoms with Crippen molar-refractivity contribution >= 4 is 28.9 Å². The second-order valence-corrected chi connectivity index (χ2v) is 5.69. The number of aromatic nitrogens is 6. The van der Waals surface area contributed by atoms with Gasteiger partial charge in [0.15, 0.2) is 0 Å². The summed E-state index contributed by atoms with van der Waals surface area (Å²) in [6.45, 7) is 0.386. The number of benzene rings is 1. The van der Waals surface area contributed by atoms with Crippen LogP contribution in [0.3, 0.4) is 0 Å². The van der Waals surface area contributed by atoms with Gasteiger partial charge in [-0.2, -0.15) is 19.7 Å². The maximum absolute atomic E-state index is 6.22. The lowest BCUT2D eigenvalue weighted by Gasteiger charge is -2.08. The molecule has 0 aliphatic heterocycles. The van der Waals surface area contributed by atoms with Crippen molar-refractivity contribution in [1.82, 2.24) is 29.4 Å². The van der Waals surface area contributed by atoms with Crippen molar-refractivity contribution < 1.29 is 4.74 Å². The largest absolute Gasteiger partial charge is 0.378 e. The van der Waals surface area contributed by atoms with Gasteiger partial charge in [0, 0.05) is 13.2 Å². The minimum atomic E-state index is 0.386. The Hall–Kier alpha value is -2.97. The third-order valence-corrected chi connectivity index (χ3v) is 3.87. The minimum Gasteiger partial charge on any atom is -0.378 e. The van der Waals surface area contributed by atoms with Gasteiger partial charge in [-0.25, -0.2) is 9.67 Å². The molecule has 9 heteroatoms. The zero-order valence-corrected chi connectivity index (χ0v) is 14.1. The first-order valence-corrected chi connectivity index (χ1v) is 7.87. The Bertz CT molecular complexity index is 1030. The molecule has 0 fully saturated rings. The van der Waals surface area contributed by atoms with Crippen molar-refractivity contribution in [3.63, 3.8) is 0 Å². The highest BCUT2D eigenvalue weighted by Gasteiger charge is 2.10. The topological polar surface area (TPSA) is 82.2 Å². The van der Waals surface area contributed by atoms with Crippen LogP contribution >= 0.6 is 11.6 Å². The molecule has 3 aromatic heterocycles. The minimum absolute atomic E-state index is 0.386. The third kappa shape index (κ3) is 3.04. The summed E-state index contributed by atoms with van der Waals surface area (Å²) >= 11 is 6.22. The van der Waals surface area contributed by atoms with Crippen LogP contribution in [0.5, 0.6) is 0 Å². The van der Waals surface area contributed by atoms with Gasteiger partial charge in [0.25, 0.3) is 5.78 Å². The van der Waals surface area contributed by atoms with Gasteiger partial charge >= 0.3 is 0 Å². The number of fused-ring (bicyclic) bond motifs is 1. The van der Waals surface area contributed by atoms with E-state index in [-0.39, 0.29) is 0 Å². The smallest absolute Gasteiger partial charge is 0.254 e. The van der Waals surface area contributed by atoms with Gasteiger partial charge < -0.3 is 10.1 Å². The van der Waals surface area contributed by atoms with E-state index in [1.165, 1.54) is 6.33 Å². The summed E-state index contributed by atoms with van der Waals surface area (Å²) in [5, 5.41) is 12.4. The van der Waals surface area contributed by atoms with Crippen molar-refractivity contribution in [1.29, 1.82) is 0 Å². The molecule has 0 aliphatic rings. The number of methoxy groups -OCH3 is 1. The summed E-state index contributed by atoms with van der Waals surface area (Å²) in [6, 6.07) is 9.37. The van der Waals surface area contributed by atoms with Gasteiger partial charge in [-0.1, -0.05) is 23.7 Å². The summed E-state index contributed by atoms with van der Waals surface area (Å²) < 4.78 is 8.48. The van der Waals surface area contributed by atoms with Gasteiger partial charge in [-0.15, -0.1) is 0 Å². The molecule has 4 rings (SSSR count). The second-order valence-electron chi connectivity index (χ2n) is 5.29. The Morgan fingerprint density at radius 1 is 1.24 bits per heavy atom. The molecule has 8 nitrogen and oxygen atoms in total. The fourth-order valence-electron chi connectivity index (χ4n) is 2.48. The molecule has 0 bridgehead atoms. The van der Waals surface area contributed by atoms with Crippen molar-refractivity contribution in [2.45, 2.75) is 6.61 Å². The van der Waals surface area contributed by atoms with Gasteiger partial charge in [0.1, 0.15) is 12.1 Å². The highest BCUT2D eigenvalue weighted by Crippen LogP contribution is 2.22. The molecule has 0 radical (unpaired) electrons. The predicted octanol–water partition coefficient (Wildman–Crippen LogP) is 2.85. The molecule has 4 aromatic rings. The van der Waals surface area contributed by atoms with Crippen molar-refractivity contribution in [3.8, 4) is 5.69 Å². The molecule has 0 aliphatic carbocycles. The number of nitrogens with one attached hydrogen (secondary N) is 1. The molecule has 0 saturated heterocycles. The van der Waals surface area contributed by atoms with Crippen LogP contribution < -0.4 is 5.32 Å². The fourth-order valence-corrected chi connectivity index (χ4v) is 2.70. The number of para-hydroxylation sites is 1. The number of rotatable bonds is 5. The van der Waals surface area contributed by atoms with Crippen LogP contribution in [0.15, 0.2) is 49.1 Å². The zero-order valence-electron chi connectivity index (χ0n) is 13.3. The van der Waals surface area contributed by atoms with Crippen LogP contribution in [0.25, 0.3) is 11.5 Å². The van der Waals surface area contributed by atoms with E-state index in [2.05, 4.69) is 25.5 Å². The van der Waals surface area contributed by atoms with Crippen LogP contribution in [0, 0.1) is 0 Å². The Labute approximate surface area is 148 Å². The van der Waals surface area contributed by atoms with Crippen LogP contribution in [-0.2, 0) is 11.3 Å². The number of halogens is 1. The molecule has 0 amide bonds. The monoisotopic (exact) mass is 355 g/mol. The number of nitrogens with zero attached hydrogens (tertiary/aromatic N) is 6. The average Bonchev–Trinajstić information content (AvgIpc) is 3.25. The molecular formula is C16H14ClN7O. The molecule has 0 saturated carbocycles. The molecular weight excluding hydrogens is 342 g/mol. The normalized spacial score (nSPS) is 11.1. The first-order valence-electron chi connectivity index (χ1n) is 7.50. The number of ether oxygens (including phenoxy) is 1. The molecule has 0 atom stereocenters. The lowest BCUT2D eigenvalue weighted by molar-refractivity contribution is 0.181. The predicted molar refractivity (Wildman–Crippen MR) is 93.4 cm³/mol. The van der Waals surface area contributed by atoms with E-state index in [0.29, 0.717) is 23.2 Å². The first-order chi connectivity index (χ1) is 12.2. The lowest BCUT2D eigenvalue weighted by Crippen LogP contribution is -2.04. The third-order valence-electron chi connectivity index (χ3n) is 3.55. The van der Waals surface area contributed by atoms with E-state index in [0.717, 1.165) is 17.1 Å². The lowest BCUT2D eigenvalue weighted by atomic mass is 10.3. The molecule has 0 unspecified atom stereocenters. The summed E-state index contributed by atoms with van der Waals surface area (Å²) in [4.78, 5) is 8.51. The van der Waals surface area contributed by atoms with Crippen molar-refractivity contribution in [2.75, 3.05) is 12.4 Å². The maximum Gasteiger partial charge on any atom is 0.254 e. The Morgan fingerprint density at radius 2 is 2.12 bits per heavy atom. The second kappa shape index (κ2) is 6.50. The van der Waals surface area contributed by atoms with Gasteiger partial charge in [0.2, 0.25) is 0 Å². The number of hydrogen-bond donors (Lipinski definition) is 1. The molecule has 0 spiro atoms. The van der Waals surface area contributed by atoms with E-state index in [4.69, 9.17) is 16.3 Å². The van der Waals surface area contributed by atoms with E-state index >= 15 is 0 Å². The maximum atomic E-state index is 6.22. The van der Waals surface area contributed by atoms with Crippen LogP contribution in [0.2, 0.25) is 5.02 Å². The van der Waals surface area contributed by atoms with Gasteiger partial charge in [0.05, 0.1) is 41.1 Å². The fraction of sp³-hybridized carbons (Fsp3) is 0.125. The molecule has 3 heterocycles. The van der Waals surface area contributed by atoms with E-state index in [9.17, 15) is 0 Å². The summed E-state index contributed by atoms with van der Waals surface area (Å²) in [6.07, 6.45) is 5.01. The van der Waals surface area contributed by atoms with Crippen LogP contribution in [-0.4, -0.2) is 36.5 Å². The highest BCUT2D eigenvalue weighted by molar-refractivity contribution is 6.32. The molecule has 1 aromatic carbocycles. The quantitative estimate of drug-likeness (QED) is 0.592. The number of hydrogen-bond acceptors (Lipinski definition) is 6. The molecule has 126 valence electrons. The van der Waals surface area contributed by atoms with Crippen molar-refractivity contribution in [2.24, 2.45) is 0 Å². The Morgan fingerprint density at radius 3 is 2.96 bits per heavy atom. The van der Waals surface area contributed by atoms with Crippen LogP contribution in [0.1, 0.15) is 5.69 Å². The van der Waals surface area contributed by atoms with E-state index in [1.54, 1.807) is 22.5 Å². The van der Waals surface area contributed by atoms with Gasteiger partial charge in [-0.3, -0.25) is 0 Å². The van der Waals surface area contributed by atoms with Gasteiger partial charge in [-0.05, 0) is 12.1 Å². The van der Waals surface area contributed by atoms with Crippen molar-refractivity contribution in [3.05, 3.63) is 59.8 Å². The highest BCUT2D eigenvalue weighted by atomic mass is 35.5. The zero-order chi connectivity index (χ0) is 17.2. The number of anilines is 2. The van der Waals surface area contributed by atoms with Crippen LogP contribution in [0.4, 0.5) is 11.5 Å². The first kappa shape index (κ1) is 15.6. The Kier molecular flexibility index (Phi) is 4.04. The molecule has 25 heavy (non-hydrogen) atoms. The summed E-state index contributed by atoms with van der Waals surface area (Å²) in [5.41, 5.74) is 2.34. The Balaban J connectivity index is 1.68. The van der Waals surface area contributed by atoms with E-state index < -0.39 is 0 Å².